The van der Waals surface area contributed by atoms with E-state index in [2.05, 4.69) is 44.2 Å². The van der Waals surface area contributed by atoms with Gasteiger partial charge >= 0.3 is 0 Å². The zero-order chi connectivity index (χ0) is 10.2. The number of unbranched alkanes of at least 4 members (excludes halogenated alkanes) is 1. The van der Waals surface area contributed by atoms with Crippen molar-refractivity contribution in [3.05, 3.63) is 36.0 Å². The fourth-order valence-electron chi connectivity index (χ4n) is 1.28. The first-order chi connectivity index (χ1) is 6.83. The second kappa shape index (κ2) is 6.94. The van der Waals surface area contributed by atoms with Gasteiger partial charge in [-0.2, -0.15) is 11.8 Å². The third-order valence-electron chi connectivity index (χ3n) is 2.25. The van der Waals surface area contributed by atoms with E-state index in [1.165, 1.54) is 24.2 Å². The second-order valence-corrected chi connectivity index (χ2v) is 4.86. The van der Waals surface area contributed by atoms with Gasteiger partial charge in [-0.3, -0.25) is 0 Å². The largest absolute Gasteiger partial charge is 0.157 e. The first-order valence-electron chi connectivity index (χ1n) is 5.46. The van der Waals surface area contributed by atoms with Crippen molar-refractivity contribution < 1.29 is 0 Å². The molecule has 0 amide bonds. The van der Waals surface area contributed by atoms with Crippen molar-refractivity contribution in [3.8, 4) is 0 Å². The first-order valence-corrected chi connectivity index (χ1v) is 6.61. The van der Waals surface area contributed by atoms with Gasteiger partial charge in [0.2, 0.25) is 0 Å². The summed E-state index contributed by atoms with van der Waals surface area (Å²) in [6.07, 6.45) is 13.8. The van der Waals surface area contributed by atoms with Crippen molar-refractivity contribution in [3.63, 3.8) is 0 Å². The Morgan fingerprint density at radius 3 is 3.00 bits per heavy atom. The molecule has 0 aromatic rings. The number of thioether (sulfide) groups is 1. The van der Waals surface area contributed by atoms with Gasteiger partial charge in [-0.25, -0.2) is 0 Å². The first kappa shape index (κ1) is 11.6. The molecule has 1 aliphatic rings. The molecule has 0 N–H and O–H groups in total. The molecule has 0 nitrogen and oxygen atoms in total. The van der Waals surface area contributed by atoms with Gasteiger partial charge in [0.05, 0.1) is 0 Å². The van der Waals surface area contributed by atoms with E-state index in [0.717, 1.165) is 5.75 Å². The molecule has 0 spiro atoms. The molecule has 0 saturated heterocycles. The predicted molar refractivity (Wildman–Crippen MR) is 67.8 cm³/mol. The molecular formula is C13H20S. The highest BCUT2D eigenvalue weighted by Crippen LogP contribution is 2.15. The molecule has 1 unspecified atom stereocenters. The standard InChI is InChI=1S/C13H20S/c1-3-4-10-14-11-13-7-5-6-12(2)8-9-13/h5-9,12H,3-4,10-11H2,1-2H3. The molecule has 0 saturated carbocycles. The van der Waals surface area contributed by atoms with Crippen LogP contribution in [0.25, 0.3) is 0 Å². The Morgan fingerprint density at radius 1 is 1.36 bits per heavy atom. The van der Waals surface area contributed by atoms with E-state index in [1.54, 1.807) is 0 Å². The summed E-state index contributed by atoms with van der Waals surface area (Å²) in [5.74, 6) is 3.04. The molecule has 0 aliphatic heterocycles. The molecule has 0 aromatic heterocycles. The van der Waals surface area contributed by atoms with Crippen LogP contribution in [0.2, 0.25) is 0 Å². The highest BCUT2D eigenvalue weighted by Gasteiger charge is 1.97. The minimum Gasteiger partial charge on any atom is -0.157 e. The number of allylic oxidation sites excluding steroid dienone is 5. The molecule has 0 radical (unpaired) electrons. The lowest BCUT2D eigenvalue weighted by atomic mass is 10.1. The third-order valence-corrected chi connectivity index (χ3v) is 3.36. The Balaban J connectivity index is 2.27. The van der Waals surface area contributed by atoms with Gasteiger partial charge in [0.1, 0.15) is 0 Å². The van der Waals surface area contributed by atoms with Gasteiger partial charge in [-0.1, -0.05) is 50.6 Å². The Morgan fingerprint density at radius 2 is 2.21 bits per heavy atom. The zero-order valence-electron chi connectivity index (χ0n) is 9.20. The van der Waals surface area contributed by atoms with Crippen LogP contribution in [-0.2, 0) is 0 Å². The van der Waals surface area contributed by atoms with Crippen molar-refractivity contribution in [2.45, 2.75) is 26.7 Å². The Kier molecular flexibility index (Phi) is 5.77. The molecule has 1 heteroatoms. The average molecular weight is 208 g/mol. The SMILES string of the molecule is CCCCSCC1=CC=CC(C)C=C1. The minimum atomic E-state index is 0.587. The molecule has 0 heterocycles. The summed E-state index contributed by atoms with van der Waals surface area (Å²) in [4.78, 5) is 0. The van der Waals surface area contributed by atoms with E-state index in [1.807, 2.05) is 11.8 Å². The van der Waals surface area contributed by atoms with Crippen LogP contribution in [0.4, 0.5) is 0 Å². The molecular weight excluding hydrogens is 188 g/mol. The van der Waals surface area contributed by atoms with E-state index in [-0.39, 0.29) is 0 Å². The highest BCUT2D eigenvalue weighted by atomic mass is 32.2. The molecule has 0 fully saturated rings. The van der Waals surface area contributed by atoms with E-state index in [0.29, 0.717) is 5.92 Å². The molecule has 1 rings (SSSR count). The normalized spacial score (nSPS) is 20.7. The van der Waals surface area contributed by atoms with Gasteiger partial charge in [0.25, 0.3) is 0 Å². The lowest BCUT2D eigenvalue weighted by molar-refractivity contribution is 0.896. The number of hydrogen-bond acceptors (Lipinski definition) is 1. The van der Waals surface area contributed by atoms with Crippen molar-refractivity contribution in [1.29, 1.82) is 0 Å². The topological polar surface area (TPSA) is 0 Å². The van der Waals surface area contributed by atoms with Crippen LogP contribution >= 0.6 is 11.8 Å². The van der Waals surface area contributed by atoms with Crippen LogP contribution in [0.5, 0.6) is 0 Å². The van der Waals surface area contributed by atoms with Crippen LogP contribution in [0.15, 0.2) is 36.0 Å². The second-order valence-electron chi connectivity index (χ2n) is 3.75. The maximum atomic E-state index is 2.27. The van der Waals surface area contributed by atoms with Crippen LogP contribution in [0.3, 0.4) is 0 Å². The quantitative estimate of drug-likeness (QED) is 0.610. The van der Waals surface area contributed by atoms with Gasteiger partial charge in [0.15, 0.2) is 0 Å². The van der Waals surface area contributed by atoms with E-state index in [9.17, 15) is 0 Å². The van der Waals surface area contributed by atoms with Gasteiger partial charge in [-0.05, 0) is 23.7 Å². The summed E-state index contributed by atoms with van der Waals surface area (Å²) < 4.78 is 0. The maximum Gasteiger partial charge on any atom is 0.0184 e. The Labute approximate surface area is 92.2 Å². The van der Waals surface area contributed by atoms with Crippen LogP contribution in [-0.4, -0.2) is 11.5 Å². The fourth-order valence-corrected chi connectivity index (χ4v) is 2.35. The Hall–Kier alpha value is -0.430. The Bertz CT molecular complexity index is 236. The summed E-state index contributed by atoms with van der Waals surface area (Å²) in [5.41, 5.74) is 1.45. The third kappa shape index (κ3) is 4.71. The summed E-state index contributed by atoms with van der Waals surface area (Å²) >= 11 is 2.04. The zero-order valence-corrected chi connectivity index (χ0v) is 10.0. The van der Waals surface area contributed by atoms with Crippen molar-refractivity contribution in [2.75, 3.05) is 11.5 Å². The van der Waals surface area contributed by atoms with Crippen molar-refractivity contribution >= 4 is 11.8 Å². The number of rotatable bonds is 5. The molecule has 78 valence electrons. The summed E-state index contributed by atoms with van der Waals surface area (Å²) in [6, 6.07) is 0. The highest BCUT2D eigenvalue weighted by molar-refractivity contribution is 7.99. The van der Waals surface area contributed by atoms with Gasteiger partial charge in [0, 0.05) is 5.75 Å². The van der Waals surface area contributed by atoms with Crippen LogP contribution in [0.1, 0.15) is 26.7 Å². The lowest BCUT2D eigenvalue weighted by Gasteiger charge is -2.00. The van der Waals surface area contributed by atoms with Gasteiger partial charge < -0.3 is 0 Å². The van der Waals surface area contributed by atoms with Gasteiger partial charge in [-0.15, -0.1) is 0 Å². The van der Waals surface area contributed by atoms with Crippen LogP contribution < -0.4 is 0 Å². The molecule has 0 aromatic carbocycles. The monoisotopic (exact) mass is 208 g/mol. The van der Waals surface area contributed by atoms with Crippen molar-refractivity contribution in [1.82, 2.24) is 0 Å². The smallest absolute Gasteiger partial charge is 0.0184 e. The van der Waals surface area contributed by atoms with E-state index in [4.69, 9.17) is 0 Å². The average Bonchev–Trinajstić information content (AvgIpc) is 2.38. The fraction of sp³-hybridized carbons (Fsp3) is 0.538. The minimum absolute atomic E-state index is 0.587. The molecule has 1 atom stereocenters. The molecule has 1 aliphatic carbocycles. The molecule has 0 bridgehead atoms. The predicted octanol–water partition coefficient (Wildman–Crippen LogP) is 4.21. The van der Waals surface area contributed by atoms with E-state index >= 15 is 0 Å². The summed E-state index contributed by atoms with van der Waals surface area (Å²) in [6.45, 7) is 4.46. The summed E-state index contributed by atoms with van der Waals surface area (Å²) in [7, 11) is 0. The summed E-state index contributed by atoms with van der Waals surface area (Å²) in [5, 5.41) is 0. The lowest BCUT2D eigenvalue weighted by Crippen LogP contribution is -1.86. The number of hydrogen-bond donors (Lipinski definition) is 0. The van der Waals surface area contributed by atoms with E-state index < -0.39 is 0 Å². The molecule has 14 heavy (non-hydrogen) atoms. The maximum absolute atomic E-state index is 2.27. The van der Waals surface area contributed by atoms with Crippen LogP contribution in [0, 0.1) is 5.92 Å². The van der Waals surface area contributed by atoms with Crippen molar-refractivity contribution in [2.24, 2.45) is 5.92 Å².